The molecular weight excluding hydrogens is 442 g/mol. The van der Waals surface area contributed by atoms with Gasteiger partial charge in [-0.1, -0.05) is 32.0 Å². The zero-order valence-corrected chi connectivity index (χ0v) is 20.5. The predicted octanol–water partition coefficient (Wildman–Crippen LogP) is 3.43. The Balaban J connectivity index is 1.41. The predicted molar refractivity (Wildman–Crippen MR) is 136 cm³/mol. The fourth-order valence-electron chi connectivity index (χ4n) is 4.47. The lowest BCUT2D eigenvalue weighted by atomic mass is 9.94. The lowest BCUT2D eigenvalue weighted by molar-refractivity contribution is -0.139. The molecule has 35 heavy (non-hydrogen) atoms. The molecule has 3 aromatic rings. The maximum atomic E-state index is 13.5. The number of carbonyl (C=O) groups is 3. The van der Waals surface area contributed by atoms with Gasteiger partial charge in [-0.25, -0.2) is 4.98 Å². The summed E-state index contributed by atoms with van der Waals surface area (Å²) in [7, 11) is 0. The van der Waals surface area contributed by atoms with Crippen molar-refractivity contribution in [3.8, 4) is 0 Å². The molecule has 2 aromatic heterocycles. The summed E-state index contributed by atoms with van der Waals surface area (Å²) in [6, 6.07) is 11.0. The second kappa shape index (κ2) is 10.7. The van der Waals surface area contributed by atoms with Gasteiger partial charge in [0.05, 0.1) is 0 Å². The molecular formula is C27H33N5O3. The van der Waals surface area contributed by atoms with E-state index in [1.54, 1.807) is 11.1 Å². The number of fused-ring (bicyclic) bond motifs is 1. The van der Waals surface area contributed by atoms with Crippen LogP contribution in [0.15, 0.2) is 48.8 Å². The quantitative estimate of drug-likeness (QED) is 0.487. The molecule has 0 saturated carbocycles. The average Bonchev–Trinajstić information content (AvgIpc) is 3.26. The third-order valence-electron chi connectivity index (χ3n) is 6.58. The maximum Gasteiger partial charge on any atom is 0.245 e. The molecule has 3 N–H and O–H groups in total. The van der Waals surface area contributed by atoms with Crippen LogP contribution in [0.5, 0.6) is 0 Å². The zero-order valence-electron chi connectivity index (χ0n) is 20.5. The third-order valence-corrected chi connectivity index (χ3v) is 6.58. The van der Waals surface area contributed by atoms with Crippen LogP contribution in [-0.2, 0) is 20.8 Å². The van der Waals surface area contributed by atoms with Crippen molar-refractivity contribution in [2.45, 2.75) is 46.1 Å². The van der Waals surface area contributed by atoms with Gasteiger partial charge in [-0.05, 0) is 49.1 Å². The van der Waals surface area contributed by atoms with Gasteiger partial charge in [0, 0.05) is 54.6 Å². The number of aromatic nitrogens is 2. The molecule has 0 aliphatic carbocycles. The van der Waals surface area contributed by atoms with Crippen molar-refractivity contribution >= 4 is 34.4 Å². The van der Waals surface area contributed by atoms with Gasteiger partial charge in [-0.15, -0.1) is 0 Å². The van der Waals surface area contributed by atoms with Gasteiger partial charge in [-0.2, -0.15) is 0 Å². The Kier molecular flexibility index (Phi) is 7.48. The number of rotatable bonds is 7. The smallest absolute Gasteiger partial charge is 0.245 e. The van der Waals surface area contributed by atoms with E-state index in [9.17, 15) is 14.4 Å². The number of likely N-dealkylation sites (tertiary alicyclic amines) is 1. The first-order chi connectivity index (χ1) is 16.8. The molecule has 3 amide bonds. The van der Waals surface area contributed by atoms with Gasteiger partial charge >= 0.3 is 0 Å². The monoisotopic (exact) mass is 475 g/mol. The Bertz CT molecular complexity index is 1210. The number of aryl methyl sites for hydroxylation is 1. The number of para-hydroxylation sites is 1. The Morgan fingerprint density at radius 2 is 1.89 bits per heavy atom. The molecule has 1 aliphatic rings. The van der Waals surface area contributed by atoms with E-state index in [0.29, 0.717) is 38.2 Å². The minimum absolute atomic E-state index is 0.0707. The van der Waals surface area contributed by atoms with Gasteiger partial charge in [0.15, 0.2) is 0 Å². The number of anilines is 1. The van der Waals surface area contributed by atoms with Crippen LogP contribution in [0.3, 0.4) is 0 Å². The van der Waals surface area contributed by atoms with Gasteiger partial charge in [0.2, 0.25) is 17.7 Å². The van der Waals surface area contributed by atoms with Crippen molar-refractivity contribution in [2.24, 2.45) is 11.8 Å². The summed E-state index contributed by atoms with van der Waals surface area (Å²) >= 11 is 0. The summed E-state index contributed by atoms with van der Waals surface area (Å²) in [4.78, 5) is 48.0. The number of piperidine rings is 1. The Labute approximate surface area is 205 Å². The first-order valence-electron chi connectivity index (χ1n) is 12.2. The first kappa shape index (κ1) is 24.4. The van der Waals surface area contributed by atoms with E-state index in [1.165, 1.54) is 0 Å². The van der Waals surface area contributed by atoms with Crippen molar-refractivity contribution in [3.63, 3.8) is 0 Å². The number of benzene rings is 1. The van der Waals surface area contributed by atoms with Crippen LogP contribution in [-0.4, -0.2) is 51.7 Å². The number of hydrogen-bond donors (Lipinski definition) is 3. The zero-order chi connectivity index (χ0) is 24.9. The molecule has 1 saturated heterocycles. The van der Waals surface area contributed by atoms with Crippen molar-refractivity contribution < 1.29 is 14.4 Å². The number of hydrogen-bond acceptors (Lipinski definition) is 4. The topological polar surface area (TPSA) is 107 Å². The van der Waals surface area contributed by atoms with Gasteiger partial charge in [0.1, 0.15) is 11.9 Å². The number of nitrogens with one attached hydrogen (secondary N) is 3. The molecule has 0 bridgehead atoms. The highest BCUT2D eigenvalue weighted by atomic mass is 16.2. The van der Waals surface area contributed by atoms with Crippen molar-refractivity contribution in [2.75, 3.05) is 18.4 Å². The minimum atomic E-state index is -0.661. The van der Waals surface area contributed by atoms with Crippen molar-refractivity contribution in [1.82, 2.24) is 20.2 Å². The van der Waals surface area contributed by atoms with Gasteiger partial charge in [-0.3, -0.25) is 14.4 Å². The fraction of sp³-hybridized carbons (Fsp3) is 0.407. The first-order valence-corrected chi connectivity index (χ1v) is 12.2. The van der Waals surface area contributed by atoms with E-state index in [1.807, 2.05) is 63.4 Å². The number of nitrogens with zero attached hydrogens (tertiary/aromatic N) is 2. The summed E-state index contributed by atoms with van der Waals surface area (Å²) in [5, 5.41) is 6.89. The molecule has 0 radical (unpaired) electrons. The van der Waals surface area contributed by atoms with E-state index < -0.39 is 6.04 Å². The summed E-state index contributed by atoms with van der Waals surface area (Å²) in [6.45, 7) is 6.53. The Hall–Kier alpha value is -3.68. The Morgan fingerprint density at radius 3 is 2.60 bits per heavy atom. The number of pyridine rings is 1. The van der Waals surface area contributed by atoms with E-state index in [2.05, 4.69) is 20.6 Å². The van der Waals surface area contributed by atoms with Crippen LogP contribution < -0.4 is 10.6 Å². The van der Waals surface area contributed by atoms with Crippen LogP contribution in [0.1, 0.15) is 37.8 Å². The average molecular weight is 476 g/mol. The Morgan fingerprint density at radius 1 is 1.14 bits per heavy atom. The van der Waals surface area contributed by atoms with Crippen molar-refractivity contribution in [1.29, 1.82) is 0 Å². The lowest BCUT2D eigenvalue weighted by Gasteiger charge is -2.34. The van der Waals surface area contributed by atoms with Gasteiger partial charge < -0.3 is 20.5 Å². The lowest BCUT2D eigenvalue weighted by Crippen LogP contribution is -2.53. The summed E-state index contributed by atoms with van der Waals surface area (Å²) in [5.74, 6) is -0.189. The standard InChI is InChI=1S/C27H33N5O3/c1-17(2)25(33)30-23(15-20-16-29-22-7-5-4-6-21(20)22)27(35)32-12-9-19(10-13-32)26(34)31-24-14-18(3)8-11-28-24/h4-8,11,14,16-17,19,23,29H,9-10,12-13,15H2,1-3H3,(H,30,33)(H,28,31,34). The molecule has 1 aromatic carbocycles. The molecule has 184 valence electrons. The number of aromatic amines is 1. The van der Waals surface area contributed by atoms with Crippen LogP contribution in [0.25, 0.3) is 10.9 Å². The second-order valence-electron chi connectivity index (χ2n) is 9.59. The SMILES string of the molecule is Cc1ccnc(NC(=O)C2CCN(C(=O)C(Cc3c[nH]c4ccccc34)NC(=O)C(C)C)CC2)c1. The summed E-state index contributed by atoms with van der Waals surface area (Å²) in [6.07, 6.45) is 5.12. The maximum absolute atomic E-state index is 13.5. The highest BCUT2D eigenvalue weighted by Crippen LogP contribution is 2.23. The van der Waals surface area contributed by atoms with E-state index in [-0.39, 0.29) is 29.6 Å². The van der Waals surface area contributed by atoms with Crippen LogP contribution >= 0.6 is 0 Å². The molecule has 8 nitrogen and oxygen atoms in total. The molecule has 4 rings (SSSR count). The minimum Gasteiger partial charge on any atom is -0.361 e. The largest absolute Gasteiger partial charge is 0.361 e. The third kappa shape index (κ3) is 5.88. The summed E-state index contributed by atoms with van der Waals surface area (Å²) < 4.78 is 0. The van der Waals surface area contributed by atoms with E-state index in [0.717, 1.165) is 22.0 Å². The van der Waals surface area contributed by atoms with E-state index >= 15 is 0 Å². The summed E-state index contributed by atoms with van der Waals surface area (Å²) in [5.41, 5.74) is 3.02. The molecule has 0 spiro atoms. The van der Waals surface area contributed by atoms with E-state index in [4.69, 9.17) is 0 Å². The normalized spacial score (nSPS) is 15.3. The number of amides is 3. The fourth-order valence-corrected chi connectivity index (χ4v) is 4.47. The van der Waals surface area contributed by atoms with Crippen LogP contribution in [0, 0.1) is 18.8 Å². The van der Waals surface area contributed by atoms with Crippen molar-refractivity contribution in [3.05, 3.63) is 59.9 Å². The van der Waals surface area contributed by atoms with Crippen LogP contribution in [0.2, 0.25) is 0 Å². The number of H-pyrrole nitrogens is 1. The number of carbonyl (C=O) groups excluding carboxylic acids is 3. The molecule has 1 unspecified atom stereocenters. The van der Waals surface area contributed by atoms with Gasteiger partial charge in [0.25, 0.3) is 0 Å². The second-order valence-corrected chi connectivity index (χ2v) is 9.59. The molecule has 1 atom stereocenters. The van der Waals surface area contributed by atoms with Crippen LogP contribution in [0.4, 0.5) is 5.82 Å². The molecule has 1 aliphatic heterocycles. The molecule has 3 heterocycles. The highest BCUT2D eigenvalue weighted by molar-refractivity contribution is 5.93. The molecule has 8 heteroatoms. The molecule has 1 fully saturated rings. The highest BCUT2D eigenvalue weighted by Gasteiger charge is 2.32.